The van der Waals surface area contributed by atoms with Crippen LogP contribution in [-0.2, 0) is 4.74 Å². The van der Waals surface area contributed by atoms with Crippen molar-refractivity contribution >= 4 is 0 Å². The van der Waals surface area contributed by atoms with Crippen LogP contribution in [0.25, 0.3) is 0 Å². The summed E-state index contributed by atoms with van der Waals surface area (Å²) in [4.78, 5) is 2.65. The fraction of sp³-hybridized carbons (Fsp3) is 1.00. The van der Waals surface area contributed by atoms with E-state index in [1.807, 2.05) is 0 Å². The quantitative estimate of drug-likeness (QED) is 0.649. The topological polar surface area (TPSA) is 12.5 Å². The maximum atomic E-state index is 6.24. The van der Waals surface area contributed by atoms with Crippen molar-refractivity contribution in [1.82, 2.24) is 4.90 Å². The number of hydrogen-bond donors (Lipinski definition) is 0. The molecule has 2 saturated carbocycles. The standard InChI is InChI=1S/C21H39NO/c1-17-8-9-18(2)22(17)14-15-23-21-12-10-20(11-13-21)16-19-6-4-3-5-7-19/h17-21H,3-16H2,1-2H3. The molecule has 0 N–H and O–H groups in total. The lowest BCUT2D eigenvalue weighted by molar-refractivity contribution is 0.000323. The van der Waals surface area contributed by atoms with E-state index < -0.39 is 0 Å². The van der Waals surface area contributed by atoms with Crippen LogP contribution >= 0.6 is 0 Å². The molecular formula is C21H39NO. The highest BCUT2D eigenvalue weighted by atomic mass is 16.5. The molecule has 23 heavy (non-hydrogen) atoms. The molecule has 3 rings (SSSR count). The first-order valence-corrected chi connectivity index (χ1v) is 10.6. The van der Waals surface area contributed by atoms with Gasteiger partial charge in [0.2, 0.25) is 0 Å². The van der Waals surface area contributed by atoms with Crippen LogP contribution in [0.3, 0.4) is 0 Å². The van der Waals surface area contributed by atoms with E-state index >= 15 is 0 Å². The highest BCUT2D eigenvalue weighted by molar-refractivity contribution is 4.82. The van der Waals surface area contributed by atoms with Gasteiger partial charge in [-0.3, -0.25) is 4.90 Å². The van der Waals surface area contributed by atoms with Crippen molar-refractivity contribution in [3.05, 3.63) is 0 Å². The third-order valence-corrected chi connectivity index (χ3v) is 7.02. The minimum absolute atomic E-state index is 0.561. The summed E-state index contributed by atoms with van der Waals surface area (Å²) in [6.07, 6.45) is 17.8. The maximum absolute atomic E-state index is 6.24. The average Bonchev–Trinajstić information content (AvgIpc) is 2.89. The second-order valence-corrected chi connectivity index (χ2v) is 8.77. The van der Waals surface area contributed by atoms with Gasteiger partial charge in [-0.1, -0.05) is 32.1 Å². The van der Waals surface area contributed by atoms with Crippen molar-refractivity contribution in [2.75, 3.05) is 13.2 Å². The predicted octanol–water partition coefficient (Wildman–Crippen LogP) is 5.41. The van der Waals surface area contributed by atoms with Gasteiger partial charge in [0.05, 0.1) is 12.7 Å². The smallest absolute Gasteiger partial charge is 0.0597 e. The van der Waals surface area contributed by atoms with E-state index in [9.17, 15) is 0 Å². The van der Waals surface area contributed by atoms with Gasteiger partial charge in [0.25, 0.3) is 0 Å². The summed E-state index contributed by atoms with van der Waals surface area (Å²) in [5.41, 5.74) is 0. The Morgan fingerprint density at radius 1 is 0.739 bits per heavy atom. The molecule has 0 bridgehead atoms. The van der Waals surface area contributed by atoms with Gasteiger partial charge < -0.3 is 4.74 Å². The van der Waals surface area contributed by atoms with Gasteiger partial charge in [0.15, 0.2) is 0 Å². The molecule has 1 heterocycles. The van der Waals surface area contributed by atoms with Crippen molar-refractivity contribution in [2.24, 2.45) is 11.8 Å². The minimum atomic E-state index is 0.561. The molecule has 2 unspecified atom stereocenters. The summed E-state index contributed by atoms with van der Waals surface area (Å²) in [5.74, 6) is 2.07. The zero-order valence-corrected chi connectivity index (χ0v) is 15.6. The molecule has 2 aliphatic carbocycles. The molecule has 3 fully saturated rings. The predicted molar refractivity (Wildman–Crippen MR) is 97.8 cm³/mol. The van der Waals surface area contributed by atoms with Gasteiger partial charge >= 0.3 is 0 Å². The Morgan fingerprint density at radius 3 is 2.00 bits per heavy atom. The molecule has 2 nitrogen and oxygen atoms in total. The molecule has 0 spiro atoms. The molecule has 2 heteroatoms. The molecule has 3 aliphatic rings. The van der Waals surface area contributed by atoms with E-state index in [-0.39, 0.29) is 0 Å². The Bertz CT molecular complexity index is 321. The second kappa shape index (κ2) is 8.85. The lowest BCUT2D eigenvalue weighted by atomic mass is 9.77. The molecule has 0 aromatic heterocycles. The summed E-state index contributed by atoms with van der Waals surface area (Å²) < 4.78 is 6.24. The van der Waals surface area contributed by atoms with E-state index in [2.05, 4.69) is 18.7 Å². The van der Waals surface area contributed by atoms with Crippen LogP contribution < -0.4 is 0 Å². The Balaban J connectivity index is 1.28. The van der Waals surface area contributed by atoms with E-state index in [1.165, 1.54) is 77.0 Å². The van der Waals surface area contributed by atoms with E-state index in [0.717, 1.165) is 37.1 Å². The summed E-state index contributed by atoms with van der Waals surface area (Å²) >= 11 is 0. The van der Waals surface area contributed by atoms with Crippen molar-refractivity contribution in [2.45, 2.75) is 109 Å². The van der Waals surface area contributed by atoms with Crippen LogP contribution in [0.4, 0.5) is 0 Å². The lowest BCUT2D eigenvalue weighted by Gasteiger charge is -2.33. The van der Waals surface area contributed by atoms with Gasteiger partial charge in [-0.2, -0.15) is 0 Å². The molecule has 0 aromatic carbocycles. The van der Waals surface area contributed by atoms with Gasteiger partial charge in [-0.25, -0.2) is 0 Å². The number of hydrogen-bond acceptors (Lipinski definition) is 2. The van der Waals surface area contributed by atoms with Crippen LogP contribution in [0, 0.1) is 11.8 Å². The monoisotopic (exact) mass is 321 g/mol. The van der Waals surface area contributed by atoms with Crippen LogP contribution in [0.5, 0.6) is 0 Å². The van der Waals surface area contributed by atoms with Crippen molar-refractivity contribution in [3.63, 3.8) is 0 Å². The molecule has 2 atom stereocenters. The summed E-state index contributed by atoms with van der Waals surface area (Å²) in [7, 11) is 0. The highest BCUT2D eigenvalue weighted by Crippen LogP contribution is 2.36. The van der Waals surface area contributed by atoms with E-state index in [1.54, 1.807) is 0 Å². The molecule has 1 aliphatic heterocycles. The Labute approximate surface area is 144 Å². The zero-order valence-electron chi connectivity index (χ0n) is 15.6. The number of ether oxygens (including phenoxy) is 1. The summed E-state index contributed by atoms with van der Waals surface area (Å²) in [6.45, 7) is 6.84. The van der Waals surface area contributed by atoms with Gasteiger partial charge in [-0.05, 0) is 70.6 Å². The van der Waals surface area contributed by atoms with Gasteiger partial charge in [-0.15, -0.1) is 0 Å². The Hall–Kier alpha value is -0.0800. The third kappa shape index (κ3) is 5.19. The van der Waals surface area contributed by atoms with E-state index in [0.29, 0.717) is 6.10 Å². The SMILES string of the molecule is CC1CCC(C)N1CCOC1CCC(CC2CCCCC2)CC1. The average molecular weight is 322 g/mol. The minimum Gasteiger partial charge on any atom is -0.377 e. The van der Waals surface area contributed by atoms with Gasteiger partial charge in [0, 0.05) is 18.6 Å². The van der Waals surface area contributed by atoms with Crippen molar-refractivity contribution < 1.29 is 4.74 Å². The number of likely N-dealkylation sites (tertiary alicyclic amines) is 1. The Morgan fingerprint density at radius 2 is 1.35 bits per heavy atom. The molecule has 0 aromatic rings. The van der Waals surface area contributed by atoms with Crippen LogP contribution in [-0.4, -0.2) is 36.2 Å². The van der Waals surface area contributed by atoms with Crippen LogP contribution in [0.15, 0.2) is 0 Å². The first kappa shape index (κ1) is 17.7. The first-order chi connectivity index (χ1) is 11.2. The maximum Gasteiger partial charge on any atom is 0.0597 e. The largest absolute Gasteiger partial charge is 0.377 e. The second-order valence-electron chi connectivity index (χ2n) is 8.77. The van der Waals surface area contributed by atoms with E-state index in [4.69, 9.17) is 4.74 Å². The molecule has 134 valence electrons. The fourth-order valence-electron chi connectivity index (χ4n) is 5.44. The van der Waals surface area contributed by atoms with Crippen LogP contribution in [0.1, 0.15) is 90.9 Å². The zero-order chi connectivity index (χ0) is 16.1. The van der Waals surface area contributed by atoms with Crippen molar-refractivity contribution in [1.29, 1.82) is 0 Å². The lowest BCUT2D eigenvalue weighted by Crippen LogP contribution is -2.36. The molecule has 1 saturated heterocycles. The van der Waals surface area contributed by atoms with Crippen molar-refractivity contribution in [3.8, 4) is 0 Å². The fourth-order valence-corrected chi connectivity index (χ4v) is 5.44. The normalized spacial score (nSPS) is 37.3. The van der Waals surface area contributed by atoms with Crippen LogP contribution in [0.2, 0.25) is 0 Å². The number of rotatable bonds is 6. The molecular weight excluding hydrogens is 282 g/mol. The Kier molecular flexibility index (Phi) is 6.83. The first-order valence-electron chi connectivity index (χ1n) is 10.6. The number of nitrogens with zero attached hydrogens (tertiary/aromatic N) is 1. The summed E-state index contributed by atoms with van der Waals surface area (Å²) in [6, 6.07) is 1.53. The summed E-state index contributed by atoms with van der Waals surface area (Å²) in [5, 5.41) is 0. The third-order valence-electron chi connectivity index (χ3n) is 7.02. The molecule has 0 amide bonds. The van der Waals surface area contributed by atoms with Gasteiger partial charge in [0.1, 0.15) is 0 Å². The highest BCUT2D eigenvalue weighted by Gasteiger charge is 2.28. The molecule has 0 radical (unpaired) electrons.